The van der Waals surface area contributed by atoms with Gasteiger partial charge in [-0.25, -0.2) is 19.9 Å². The van der Waals surface area contributed by atoms with E-state index in [1.165, 1.54) is 134 Å². The minimum atomic E-state index is -0.595. The van der Waals surface area contributed by atoms with E-state index in [1.807, 2.05) is 97.1 Å². The molecule has 25 rings (SSSR count). The first-order chi connectivity index (χ1) is 59.9. The molecule has 11 heteroatoms. The average molecular weight is 1620 g/mol. The van der Waals surface area contributed by atoms with Crippen molar-refractivity contribution < 1.29 is 9.31 Å². The van der Waals surface area contributed by atoms with Gasteiger partial charge in [-0.15, -0.1) is 0 Å². The zero-order valence-corrected chi connectivity index (χ0v) is 68.3. The van der Waals surface area contributed by atoms with E-state index in [1.54, 1.807) is 0 Å². The standard InChI is InChI=1S/C53H33N3.C44H35BO2.C15H10ClN3.CH4.BH4/c1-4-17-34(18-5-1)49-54-50(35-19-6-2-7-20-35)56-51(55-49)36-31-32-40-38-23-10-13-27-43(38)53(47(40)33-36)45-29-15-14-28-44(45)52(37-21-8-3-9-22-37)42-26-12-11-24-39(42)41-25-16-30-46(53)48(41)52;1-41(2)42(3,4)47-45(46-41)29-25-26-32-30-17-8-11-21-35(30)44(39(32)27-29)37-23-13-12-22-36(37)43(28-15-6-5-7-16-28)34-20-10-9-18-31(34)33-19-14-24-38(44)40(33)43;16-15-18-13(11-7-3-1-4-8-11)17-14(19-15)12-9-5-2-6-10-12;;/h1-33H;5-27H,1-4H3;1-10H;2*1H4/q;;;;-1. The number of rotatable bonds is 8. The van der Waals surface area contributed by atoms with Crippen LogP contribution in [0.25, 0.3) is 101 Å². The van der Waals surface area contributed by atoms with E-state index in [9.17, 15) is 0 Å². The van der Waals surface area contributed by atoms with Crippen molar-refractivity contribution in [2.45, 2.75) is 68.0 Å². The van der Waals surface area contributed by atoms with Crippen LogP contribution in [0.4, 0.5) is 0 Å². The number of nitrogens with zero attached hydrogens (tertiary/aromatic N) is 6. The van der Waals surface area contributed by atoms with Crippen molar-refractivity contribution in [2.24, 2.45) is 0 Å². The van der Waals surface area contributed by atoms with Crippen LogP contribution in [0.5, 0.6) is 0 Å². The predicted molar refractivity (Wildman–Crippen MR) is 508 cm³/mol. The molecule has 7 aliphatic rings. The molecule has 124 heavy (non-hydrogen) atoms. The molecule has 4 atom stereocenters. The van der Waals surface area contributed by atoms with E-state index in [0.717, 1.165) is 33.3 Å². The highest BCUT2D eigenvalue weighted by Crippen LogP contribution is 2.71. The van der Waals surface area contributed by atoms with Crippen LogP contribution in [-0.4, -0.2) is 56.6 Å². The lowest BCUT2D eigenvalue weighted by atomic mass is 9.52. The van der Waals surface area contributed by atoms with Gasteiger partial charge in [-0.2, -0.15) is 9.97 Å². The monoisotopic (exact) mass is 1620 g/mol. The van der Waals surface area contributed by atoms with Crippen LogP contribution < -0.4 is 5.46 Å². The summed E-state index contributed by atoms with van der Waals surface area (Å²) in [5.41, 5.74) is 34.4. The van der Waals surface area contributed by atoms with Crippen molar-refractivity contribution in [1.82, 2.24) is 29.9 Å². The topological polar surface area (TPSA) is 95.8 Å². The number of hydrogen-bond acceptors (Lipinski definition) is 8. The molecule has 0 N–H and O–H groups in total. The van der Waals surface area contributed by atoms with Crippen molar-refractivity contribution in [2.75, 3.05) is 0 Å². The van der Waals surface area contributed by atoms with Gasteiger partial charge in [0.15, 0.2) is 29.1 Å². The number of benzene rings is 16. The number of halogens is 1. The van der Waals surface area contributed by atoms with Crippen molar-refractivity contribution in [1.29, 1.82) is 0 Å². The van der Waals surface area contributed by atoms with Gasteiger partial charge in [-0.3, -0.25) is 0 Å². The summed E-state index contributed by atoms with van der Waals surface area (Å²) in [4.78, 5) is 28.2. The van der Waals surface area contributed by atoms with E-state index >= 15 is 0 Å². The minimum absolute atomic E-state index is 0. The van der Waals surface area contributed by atoms with Gasteiger partial charge in [0.05, 0.1) is 32.9 Å². The first kappa shape index (κ1) is 77.2. The Morgan fingerprint density at radius 2 is 0.484 bits per heavy atom. The Bertz CT molecular complexity index is 7130. The molecule has 0 radical (unpaired) electrons. The first-order valence-electron chi connectivity index (χ1n) is 41.9. The summed E-state index contributed by atoms with van der Waals surface area (Å²) in [7, 11) is -0.445. The molecule has 16 aromatic carbocycles. The van der Waals surface area contributed by atoms with Gasteiger partial charge >= 0.3 is 7.12 Å². The first-order valence-corrected chi connectivity index (χ1v) is 42.3. The van der Waals surface area contributed by atoms with Crippen molar-refractivity contribution in [3.8, 4) is 101 Å². The zero-order valence-electron chi connectivity index (χ0n) is 67.6. The molecule has 1 aliphatic heterocycles. The lowest BCUT2D eigenvalue weighted by Gasteiger charge is -2.48. The molecular weight excluding hydrogens is 1530 g/mol. The highest BCUT2D eigenvalue weighted by Gasteiger charge is 2.63. The number of fused-ring (bicyclic) bond motifs is 24. The fourth-order valence-electron chi connectivity index (χ4n) is 21.5. The Morgan fingerprint density at radius 3 is 0.855 bits per heavy atom. The van der Waals surface area contributed by atoms with Crippen LogP contribution in [0.15, 0.2) is 400 Å². The molecule has 18 aromatic rings. The van der Waals surface area contributed by atoms with Crippen molar-refractivity contribution in [3.05, 3.63) is 495 Å². The molecule has 2 spiro atoms. The highest BCUT2D eigenvalue weighted by molar-refractivity contribution is 6.62. The lowest BCUT2D eigenvalue weighted by Crippen LogP contribution is -2.44. The van der Waals surface area contributed by atoms with E-state index in [0.29, 0.717) is 29.1 Å². The summed E-state index contributed by atoms with van der Waals surface area (Å²) >= 11 is 5.99. The third kappa shape index (κ3) is 11.1. The third-order valence-electron chi connectivity index (χ3n) is 27.1. The molecule has 3 heterocycles. The summed E-state index contributed by atoms with van der Waals surface area (Å²) < 4.78 is 13.3. The van der Waals surface area contributed by atoms with Crippen LogP contribution in [0.3, 0.4) is 0 Å². The highest BCUT2D eigenvalue weighted by atomic mass is 35.5. The Labute approximate surface area is 730 Å². The summed E-state index contributed by atoms with van der Waals surface area (Å²) in [6.45, 7) is 8.51. The SMILES string of the molecule is C.CC1(C)OB(c2ccc3c(c2)C2(c4ccccc4-3)c3ccccc3C3(c4ccccc4)c4ccccc4-c4cccc2c43)OC1(C)C.Clc1nc(-c2ccccc2)nc(-c2ccccc2)n1.[BH4-].c1ccc(-c2nc(-c3ccccc3)nc(-c3ccc4c(c3)C3(c5ccccc5-4)c4ccccc4C4(c5ccccc5)c5ccccc5-c5cccc3c54)n2)cc1. The predicted octanol–water partition coefficient (Wildman–Crippen LogP) is 24.0. The van der Waals surface area contributed by atoms with Gasteiger partial charge in [0.1, 0.15) is 0 Å². The fraction of sp³-hybridized carbons (Fsp3) is 0.0973. The van der Waals surface area contributed by atoms with Crippen LogP contribution in [0.1, 0.15) is 124 Å². The van der Waals surface area contributed by atoms with Gasteiger partial charge in [-0.1, -0.05) is 410 Å². The molecule has 0 saturated carbocycles. The minimum Gasteiger partial charge on any atom is -0.399 e. The van der Waals surface area contributed by atoms with Crippen molar-refractivity contribution >= 4 is 32.6 Å². The van der Waals surface area contributed by atoms with E-state index in [2.05, 4.69) is 346 Å². The van der Waals surface area contributed by atoms with Crippen LogP contribution >= 0.6 is 11.6 Å². The van der Waals surface area contributed by atoms with Gasteiger partial charge in [-0.05, 0) is 184 Å². The second-order valence-corrected chi connectivity index (χ2v) is 34.0. The average Bonchev–Trinajstić information content (AvgIpc) is 1.48. The zero-order chi connectivity index (χ0) is 81.7. The summed E-state index contributed by atoms with van der Waals surface area (Å²) in [5.74, 6) is 3.13. The second-order valence-electron chi connectivity index (χ2n) is 33.6. The Morgan fingerprint density at radius 1 is 0.226 bits per heavy atom. The van der Waals surface area contributed by atoms with Gasteiger partial charge in [0.25, 0.3) is 0 Å². The Kier molecular flexibility index (Phi) is 18.4. The summed E-state index contributed by atoms with van der Waals surface area (Å²) in [5, 5.41) is 0.202. The molecule has 6 aliphatic carbocycles. The van der Waals surface area contributed by atoms with E-state index < -0.39 is 40.0 Å². The maximum absolute atomic E-state index is 6.64. The molecule has 1 saturated heterocycles. The summed E-state index contributed by atoms with van der Waals surface area (Å²) in [6, 6.07) is 145. The number of aromatic nitrogens is 6. The Hall–Kier alpha value is -14.1. The molecule has 594 valence electrons. The largest absolute Gasteiger partial charge is 0.494 e. The van der Waals surface area contributed by atoms with Gasteiger partial charge in [0, 0.05) is 27.8 Å². The molecule has 1 fully saturated rings. The maximum Gasteiger partial charge on any atom is 0.494 e. The number of hydrogen-bond donors (Lipinski definition) is 0. The third-order valence-corrected chi connectivity index (χ3v) is 27.3. The van der Waals surface area contributed by atoms with Crippen LogP contribution in [0, 0.1) is 0 Å². The van der Waals surface area contributed by atoms with E-state index in [-0.39, 0.29) is 21.1 Å². The van der Waals surface area contributed by atoms with Gasteiger partial charge in [0.2, 0.25) is 5.28 Å². The molecule has 0 amide bonds. The normalized spacial score (nSPS) is 18.4. The molecule has 0 bridgehead atoms. The fourth-order valence-corrected chi connectivity index (χ4v) is 21.6. The van der Waals surface area contributed by atoms with E-state index in [4.69, 9.17) is 35.9 Å². The second kappa shape index (κ2) is 29.6. The Balaban J connectivity index is 0.000000125. The molecule has 4 unspecified atom stereocenters. The van der Waals surface area contributed by atoms with Crippen LogP contribution in [0.2, 0.25) is 5.28 Å². The summed E-state index contributed by atoms with van der Waals surface area (Å²) in [6.07, 6.45) is 0. The molecule has 8 nitrogen and oxygen atoms in total. The quantitative estimate of drug-likeness (QED) is 0.139. The smallest absolute Gasteiger partial charge is 0.399 e. The van der Waals surface area contributed by atoms with Crippen LogP contribution in [-0.2, 0) is 31.0 Å². The lowest BCUT2D eigenvalue weighted by molar-refractivity contribution is 0.00578. The van der Waals surface area contributed by atoms with Crippen molar-refractivity contribution in [3.63, 3.8) is 0 Å². The van der Waals surface area contributed by atoms with Gasteiger partial charge < -0.3 is 9.31 Å². The maximum atomic E-state index is 6.64. The molecular formula is C113H86B2ClN6O2-. The molecule has 2 aromatic heterocycles.